The van der Waals surface area contributed by atoms with Crippen LogP contribution >= 0.6 is 15.9 Å². The number of hydrogen-bond donors (Lipinski definition) is 1. The smallest absolute Gasteiger partial charge is 0.250 e. The largest absolute Gasteiger partial charge is 0.543 e. The van der Waals surface area contributed by atoms with Crippen LogP contribution in [0.5, 0.6) is 17.2 Å². The average Bonchev–Trinajstić information content (AvgIpc) is 2.20. The summed E-state index contributed by atoms with van der Waals surface area (Å²) in [5.74, 6) is 1.25. The highest BCUT2D eigenvalue weighted by atomic mass is 79.9. The Hall–Kier alpha value is -0.683. The second-order valence-electron chi connectivity index (χ2n) is 5.82. The van der Waals surface area contributed by atoms with Crippen molar-refractivity contribution in [3.63, 3.8) is 0 Å². The first-order valence-corrected chi connectivity index (χ1v) is 9.54. The molecule has 18 heavy (non-hydrogen) atoms. The summed E-state index contributed by atoms with van der Waals surface area (Å²) in [4.78, 5) is 0. The van der Waals surface area contributed by atoms with Crippen LogP contribution in [-0.4, -0.2) is 20.5 Å². The fraction of sp³-hybridized carbons (Fsp3) is 0.538. The summed E-state index contributed by atoms with van der Waals surface area (Å²) in [7, 11) is -0.371. The summed E-state index contributed by atoms with van der Waals surface area (Å²) >= 11 is 3.41. The summed E-state index contributed by atoms with van der Waals surface area (Å²) < 4.78 is 12.0. The van der Waals surface area contributed by atoms with Crippen LogP contribution in [0, 0.1) is 0 Å². The lowest BCUT2D eigenvalue weighted by Gasteiger charge is -2.36. The Bertz CT molecular complexity index is 439. The zero-order valence-corrected chi connectivity index (χ0v) is 14.4. The van der Waals surface area contributed by atoms with Gasteiger partial charge in [0.15, 0.2) is 11.5 Å². The molecule has 0 aliphatic carbocycles. The molecule has 3 nitrogen and oxygen atoms in total. The van der Waals surface area contributed by atoms with Gasteiger partial charge >= 0.3 is 0 Å². The molecule has 0 aromatic heterocycles. The third-order valence-electron chi connectivity index (χ3n) is 3.40. The Morgan fingerprint density at radius 2 is 1.72 bits per heavy atom. The second kappa shape index (κ2) is 5.13. The summed E-state index contributed by atoms with van der Waals surface area (Å²) in [6.45, 7) is 10.9. The van der Waals surface area contributed by atoms with Crippen LogP contribution < -0.4 is 9.16 Å². The van der Waals surface area contributed by atoms with Crippen molar-refractivity contribution < 1.29 is 14.3 Å². The third-order valence-corrected chi connectivity index (χ3v) is 8.37. The first-order valence-electron chi connectivity index (χ1n) is 5.84. The molecule has 0 amide bonds. The molecule has 102 valence electrons. The Labute approximate surface area is 118 Å². The van der Waals surface area contributed by atoms with Gasteiger partial charge in [0.1, 0.15) is 5.75 Å². The lowest BCUT2D eigenvalue weighted by molar-refractivity contribution is 0.370. The number of halogens is 1. The maximum Gasteiger partial charge on any atom is 0.250 e. The van der Waals surface area contributed by atoms with Crippen LogP contribution in [0.2, 0.25) is 18.1 Å². The van der Waals surface area contributed by atoms with Crippen molar-refractivity contribution in [3.8, 4) is 17.2 Å². The van der Waals surface area contributed by atoms with Gasteiger partial charge in [0.25, 0.3) is 8.32 Å². The van der Waals surface area contributed by atoms with Crippen molar-refractivity contribution in [3.05, 3.63) is 16.6 Å². The Kier molecular flexibility index (Phi) is 4.38. The SMILES string of the molecule is COc1cc(O[Si](C)(C)C(C)(C)C)c(Br)cc1O. The molecular weight excluding hydrogens is 312 g/mol. The van der Waals surface area contributed by atoms with Gasteiger partial charge in [-0.1, -0.05) is 20.8 Å². The zero-order chi connectivity index (χ0) is 14.1. The first kappa shape index (κ1) is 15.4. The van der Waals surface area contributed by atoms with Gasteiger partial charge in [-0.05, 0) is 34.1 Å². The summed E-state index contributed by atoms with van der Waals surface area (Å²) in [5.41, 5.74) is 0. The van der Waals surface area contributed by atoms with Gasteiger partial charge in [0.05, 0.1) is 11.6 Å². The van der Waals surface area contributed by atoms with E-state index in [-0.39, 0.29) is 10.8 Å². The van der Waals surface area contributed by atoms with Crippen LogP contribution in [0.25, 0.3) is 0 Å². The van der Waals surface area contributed by atoms with E-state index in [1.807, 2.05) is 0 Å². The maximum atomic E-state index is 9.67. The van der Waals surface area contributed by atoms with E-state index in [0.717, 1.165) is 10.2 Å². The molecule has 1 aromatic carbocycles. The predicted molar refractivity (Wildman–Crippen MR) is 80.2 cm³/mol. The molecule has 0 saturated carbocycles. The number of ether oxygens (including phenoxy) is 1. The molecule has 1 rings (SSSR count). The number of aromatic hydroxyl groups is 1. The monoisotopic (exact) mass is 332 g/mol. The van der Waals surface area contributed by atoms with Crippen LogP contribution in [0.3, 0.4) is 0 Å². The highest BCUT2D eigenvalue weighted by molar-refractivity contribution is 9.10. The molecule has 0 bridgehead atoms. The minimum atomic E-state index is -1.90. The maximum absolute atomic E-state index is 9.67. The summed E-state index contributed by atoms with van der Waals surface area (Å²) in [6.07, 6.45) is 0. The number of rotatable bonds is 3. The van der Waals surface area contributed by atoms with Crippen molar-refractivity contribution in [2.45, 2.75) is 38.9 Å². The zero-order valence-electron chi connectivity index (χ0n) is 11.8. The van der Waals surface area contributed by atoms with E-state index in [1.54, 1.807) is 12.1 Å². The lowest BCUT2D eigenvalue weighted by atomic mass is 10.2. The van der Waals surface area contributed by atoms with Gasteiger partial charge in [-0.25, -0.2) is 0 Å². The number of phenolic OH excluding ortho intramolecular Hbond substituents is 1. The second-order valence-corrected chi connectivity index (χ2v) is 11.4. The molecule has 0 heterocycles. The highest BCUT2D eigenvalue weighted by Crippen LogP contribution is 2.42. The first-order chi connectivity index (χ1) is 8.08. The fourth-order valence-electron chi connectivity index (χ4n) is 1.19. The van der Waals surface area contributed by atoms with E-state index in [9.17, 15) is 5.11 Å². The molecule has 1 N–H and O–H groups in total. The molecule has 0 unspecified atom stereocenters. The quantitative estimate of drug-likeness (QED) is 0.825. The van der Waals surface area contributed by atoms with E-state index in [0.29, 0.717) is 5.75 Å². The average molecular weight is 333 g/mol. The van der Waals surface area contributed by atoms with Crippen molar-refractivity contribution in [1.82, 2.24) is 0 Å². The van der Waals surface area contributed by atoms with Crippen molar-refractivity contribution in [2.75, 3.05) is 7.11 Å². The van der Waals surface area contributed by atoms with Crippen molar-refractivity contribution in [1.29, 1.82) is 0 Å². The molecule has 0 fully saturated rings. The standard InChI is InChI=1S/C13H21BrO3Si/c1-13(2,3)18(5,6)17-11-8-12(16-4)10(15)7-9(11)14/h7-8,15H,1-6H3. The number of benzene rings is 1. The number of methoxy groups -OCH3 is 1. The van der Waals surface area contributed by atoms with Crippen molar-refractivity contribution in [2.24, 2.45) is 0 Å². The summed E-state index contributed by atoms with van der Waals surface area (Å²) in [5, 5.41) is 9.80. The van der Waals surface area contributed by atoms with Gasteiger partial charge in [0.2, 0.25) is 0 Å². The molecule has 0 saturated heterocycles. The van der Waals surface area contributed by atoms with E-state index in [2.05, 4.69) is 49.8 Å². The van der Waals surface area contributed by atoms with E-state index >= 15 is 0 Å². The van der Waals surface area contributed by atoms with Crippen LogP contribution in [0.15, 0.2) is 16.6 Å². The van der Waals surface area contributed by atoms with E-state index < -0.39 is 8.32 Å². The topological polar surface area (TPSA) is 38.7 Å². The van der Waals surface area contributed by atoms with Gasteiger partial charge in [-0.2, -0.15) is 0 Å². The molecule has 0 aliphatic rings. The molecule has 1 aromatic rings. The molecule has 0 spiro atoms. The van der Waals surface area contributed by atoms with Crippen LogP contribution in [0.4, 0.5) is 0 Å². The third kappa shape index (κ3) is 3.20. The Morgan fingerprint density at radius 3 is 2.17 bits per heavy atom. The molecule has 0 radical (unpaired) electrons. The van der Waals surface area contributed by atoms with Gasteiger partial charge in [0, 0.05) is 12.1 Å². The van der Waals surface area contributed by atoms with Crippen LogP contribution in [0.1, 0.15) is 20.8 Å². The molecular formula is C13H21BrO3Si. The fourth-order valence-corrected chi connectivity index (χ4v) is 2.78. The Morgan fingerprint density at radius 1 is 1.17 bits per heavy atom. The molecule has 0 atom stereocenters. The minimum Gasteiger partial charge on any atom is -0.543 e. The van der Waals surface area contributed by atoms with Gasteiger partial charge in [-0.15, -0.1) is 0 Å². The molecule has 0 aliphatic heterocycles. The number of phenols is 1. The number of hydrogen-bond acceptors (Lipinski definition) is 3. The Balaban J connectivity index is 3.12. The van der Waals surface area contributed by atoms with E-state index in [4.69, 9.17) is 9.16 Å². The lowest BCUT2D eigenvalue weighted by Crippen LogP contribution is -2.43. The summed E-state index contributed by atoms with van der Waals surface area (Å²) in [6, 6.07) is 3.32. The molecule has 5 heteroatoms. The van der Waals surface area contributed by atoms with Gasteiger partial charge < -0.3 is 14.3 Å². The van der Waals surface area contributed by atoms with Crippen LogP contribution in [-0.2, 0) is 0 Å². The van der Waals surface area contributed by atoms with Crippen molar-refractivity contribution >= 4 is 24.2 Å². The minimum absolute atomic E-state index is 0.104. The normalized spacial score (nSPS) is 12.4. The predicted octanol–water partition coefficient (Wildman–Crippen LogP) is 4.55. The van der Waals surface area contributed by atoms with Gasteiger partial charge in [-0.3, -0.25) is 0 Å². The van der Waals surface area contributed by atoms with E-state index in [1.165, 1.54) is 7.11 Å². The highest BCUT2D eigenvalue weighted by Gasteiger charge is 2.39.